The molecule has 0 saturated carbocycles. The summed E-state index contributed by atoms with van der Waals surface area (Å²) in [6.07, 6.45) is 3.10. The molecule has 92 valence electrons. The van der Waals surface area contributed by atoms with Crippen LogP contribution in [0.1, 0.15) is 5.56 Å². The van der Waals surface area contributed by atoms with Crippen molar-refractivity contribution in [2.75, 3.05) is 0 Å². The minimum Gasteiger partial charge on any atom is -0.369 e. The molecular weight excluding hydrogens is 232 g/mol. The van der Waals surface area contributed by atoms with Gasteiger partial charge in [0.2, 0.25) is 11.7 Å². The molecule has 0 aliphatic carbocycles. The Morgan fingerprint density at radius 1 is 1.22 bits per heavy atom. The number of nitrogens with zero attached hydrogens (tertiary/aromatic N) is 4. The van der Waals surface area contributed by atoms with Crippen molar-refractivity contribution >= 4 is 5.96 Å². The zero-order valence-corrected chi connectivity index (χ0v) is 9.41. The fraction of sp³-hybridized carbons (Fsp3) is 0.100. The Hall–Kier alpha value is -2.45. The Morgan fingerprint density at radius 3 is 2.56 bits per heavy atom. The van der Waals surface area contributed by atoms with E-state index in [2.05, 4.69) is 25.9 Å². The number of benzene rings is 1. The van der Waals surface area contributed by atoms with Crippen molar-refractivity contribution in [3.63, 3.8) is 0 Å². The van der Waals surface area contributed by atoms with Gasteiger partial charge in [-0.15, -0.1) is 0 Å². The highest BCUT2D eigenvalue weighted by molar-refractivity contribution is 5.79. The number of hydrogen-bond donors (Lipinski definition) is 4. The van der Waals surface area contributed by atoms with Gasteiger partial charge in [-0.1, -0.05) is 12.1 Å². The molecule has 0 fully saturated rings. The topological polar surface area (TPSA) is 119 Å². The van der Waals surface area contributed by atoms with Crippen LogP contribution in [-0.4, -0.2) is 20.7 Å². The van der Waals surface area contributed by atoms with E-state index in [0.29, 0.717) is 0 Å². The summed E-state index contributed by atoms with van der Waals surface area (Å²) in [5, 5.41) is 4.04. The van der Waals surface area contributed by atoms with Crippen LogP contribution in [0.25, 0.3) is 5.69 Å². The third-order valence-electron chi connectivity index (χ3n) is 2.67. The van der Waals surface area contributed by atoms with Crippen LogP contribution in [0.2, 0.25) is 0 Å². The van der Waals surface area contributed by atoms with E-state index in [9.17, 15) is 0 Å². The third kappa shape index (κ3) is 1.69. The van der Waals surface area contributed by atoms with Gasteiger partial charge in [0.15, 0.2) is 0 Å². The minimum absolute atomic E-state index is 0.262. The first-order valence-electron chi connectivity index (χ1n) is 5.30. The summed E-state index contributed by atoms with van der Waals surface area (Å²) in [5.41, 5.74) is 18.8. The molecule has 1 atom stereocenters. The molecule has 6 N–H and O–H groups in total. The number of aromatic nitrogens is 3. The Morgan fingerprint density at radius 2 is 2.00 bits per heavy atom. The zero-order chi connectivity index (χ0) is 12.6. The molecule has 2 aromatic rings. The summed E-state index contributed by atoms with van der Waals surface area (Å²) in [5.74, 6) is -0.775. The number of hydrogen-bond acceptors (Lipinski definition) is 7. The van der Waals surface area contributed by atoms with Gasteiger partial charge in [-0.25, -0.2) is 14.7 Å². The number of nitrogens with one attached hydrogen (secondary N) is 2. The largest absolute Gasteiger partial charge is 0.369 e. The van der Waals surface area contributed by atoms with Gasteiger partial charge in [0, 0.05) is 5.56 Å². The molecule has 1 aliphatic rings. The van der Waals surface area contributed by atoms with Gasteiger partial charge in [-0.2, -0.15) is 10.5 Å². The number of rotatable bonds is 2. The molecule has 18 heavy (non-hydrogen) atoms. The molecule has 0 spiro atoms. The summed E-state index contributed by atoms with van der Waals surface area (Å²) < 4.78 is 1.66. The highest BCUT2D eigenvalue weighted by Gasteiger charge is 2.31. The van der Waals surface area contributed by atoms with Crippen molar-refractivity contribution in [2.45, 2.75) is 5.79 Å². The van der Waals surface area contributed by atoms with E-state index in [4.69, 9.17) is 11.5 Å². The molecule has 2 heterocycles. The Bertz CT molecular complexity index is 572. The van der Waals surface area contributed by atoms with Crippen molar-refractivity contribution in [3.8, 4) is 5.69 Å². The molecule has 0 amide bonds. The average Bonchev–Trinajstić information content (AvgIpc) is 3.00. The number of nitrogens with two attached hydrogens (primary N) is 2. The lowest BCUT2D eigenvalue weighted by Crippen LogP contribution is -2.50. The molecule has 1 aliphatic heterocycles. The van der Waals surface area contributed by atoms with Crippen LogP contribution in [0.4, 0.5) is 0 Å². The second-order valence-electron chi connectivity index (χ2n) is 3.90. The molecule has 0 bridgehead atoms. The van der Waals surface area contributed by atoms with E-state index in [0.717, 1.165) is 11.3 Å². The number of guanidine groups is 1. The van der Waals surface area contributed by atoms with Gasteiger partial charge in [0.05, 0.1) is 5.69 Å². The van der Waals surface area contributed by atoms with Gasteiger partial charge in [0.25, 0.3) is 0 Å². The van der Waals surface area contributed by atoms with E-state index < -0.39 is 5.79 Å². The first-order valence-corrected chi connectivity index (χ1v) is 5.30. The molecule has 1 aromatic heterocycles. The fourth-order valence-corrected chi connectivity index (χ4v) is 1.75. The van der Waals surface area contributed by atoms with E-state index >= 15 is 0 Å². The number of hydrazine groups is 1. The lowest BCUT2D eigenvalue weighted by atomic mass is 10.1. The summed E-state index contributed by atoms with van der Waals surface area (Å²) in [7, 11) is 0. The van der Waals surface area contributed by atoms with Gasteiger partial charge in [-0.05, 0) is 12.1 Å². The molecule has 0 saturated heterocycles. The molecule has 8 nitrogen and oxygen atoms in total. The van der Waals surface area contributed by atoms with E-state index in [1.807, 2.05) is 24.3 Å². The van der Waals surface area contributed by atoms with Gasteiger partial charge >= 0.3 is 0 Å². The summed E-state index contributed by atoms with van der Waals surface area (Å²) >= 11 is 0. The number of aliphatic imine (C=N–C) groups is 1. The molecule has 1 unspecified atom stereocenters. The second kappa shape index (κ2) is 3.79. The Kier molecular flexibility index (Phi) is 2.25. The van der Waals surface area contributed by atoms with Crippen molar-refractivity contribution in [1.29, 1.82) is 0 Å². The van der Waals surface area contributed by atoms with Gasteiger partial charge in [0.1, 0.15) is 12.7 Å². The second-order valence-corrected chi connectivity index (χ2v) is 3.90. The highest BCUT2D eigenvalue weighted by Crippen LogP contribution is 2.19. The van der Waals surface area contributed by atoms with Crippen molar-refractivity contribution < 1.29 is 0 Å². The first-order chi connectivity index (χ1) is 8.67. The van der Waals surface area contributed by atoms with E-state index in [-0.39, 0.29) is 5.96 Å². The smallest absolute Gasteiger partial charge is 0.209 e. The fourth-order valence-electron chi connectivity index (χ4n) is 1.75. The van der Waals surface area contributed by atoms with Gasteiger partial charge in [-0.3, -0.25) is 11.2 Å². The zero-order valence-electron chi connectivity index (χ0n) is 9.41. The highest BCUT2D eigenvalue weighted by atomic mass is 15.6. The van der Waals surface area contributed by atoms with Crippen molar-refractivity contribution in [2.24, 2.45) is 16.5 Å². The summed E-state index contributed by atoms with van der Waals surface area (Å²) in [6.45, 7) is 0. The van der Waals surface area contributed by atoms with E-state index in [1.54, 1.807) is 11.0 Å². The monoisotopic (exact) mass is 244 g/mol. The minimum atomic E-state index is -1.04. The molecule has 1 aromatic carbocycles. The molecule has 3 rings (SSSR count). The van der Waals surface area contributed by atoms with Crippen molar-refractivity contribution in [1.82, 2.24) is 25.6 Å². The van der Waals surface area contributed by atoms with Crippen LogP contribution in [0, 0.1) is 0 Å². The predicted octanol–water partition coefficient (Wildman–Crippen LogP) is -1.24. The summed E-state index contributed by atoms with van der Waals surface area (Å²) in [4.78, 5) is 7.99. The first kappa shape index (κ1) is 10.7. The van der Waals surface area contributed by atoms with Gasteiger partial charge < -0.3 is 5.73 Å². The maximum Gasteiger partial charge on any atom is 0.209 e. The van der Waals surface area contributed by atoms with Crippen LogP contribution in [0.15, 0.2) is 41.9 Å². The van der Waals surface area contributed by atoms with E-state index in [1.165, 1.54) is 6.33 Å². The van der Waals surface area contributed by atoms with Crippen molar-refractivity contribution in [3.05, 3.63) is 42.5 Å². The molecular formula is C10H12N8. The Labute approximate surface area is 103 Å². The molecule has 0 radical (unpaired) electrons. The normalized spacial score (nSPS) is 22.6. The predicted molar refractivity (Wildman–Crippen MR) is 65.1 cm³/mol. The maximum absolute atomic E-state index is 6.06. The van der Waals surface area contributed by atoms with Crippen LogP contribution in [0.3, 0.4) is 0 Å². The van der Waals surface area contributed by atoms with Crippen LogP contribution in [0.5, 0.6) is 0 Å². The summed E-state index contributed by atoms with van der Waals surface area (Å²) in [6, 6.07) is 7.47. The maximum atomic E-state index is 6.06. The standard InChI is InChI=1S/C10H12N8/c11-9-15-10(12,17-16-9)7-1-3-8(4-2-7)18-6-13-5-14-18/h1-6,17H,12H2,(H3,11,15,16). The van der Waals surface area contributed by atoms with Crippen LogP contribution in [-0.2, 0) is 5.79 Å². The van der Waals surface area contributed by atoms with Crippen LogP contribution < -0.4 is 22.3 Å². The van der Waals surface area contributed by atoms with Crippen LogP contribution >= 0.6 is 0 Å². The quantitative estimate of drug-likeness (QED) is 0.524. The average molecular weight is 244 g/mol. The Balaban J connectivity index is 1.92. The third-order valence-corrected chi connectivity index (χ3v) is 2.67. The lowest BCUT2D eigenvalue weighted by molar-refractivity contribution is 0.375. The lowest BCUT2D eigenvalue weighted by Gasteiger charge is -2.20. The molecule has 8 heteroatoms. The SMILES string of the molecule is NC1=NC(N)(c2ccc(-n3cncn3)cc2)NN1.